The van der Waals surface area contributed by atoms with Gasteiger partial charge < -0.3 is 20.3 Å². The van der Waals surface area contributed by atoms with Gasteiger partial charge in [-0.3, -0.25) is 9.69 Å². The molecule has 3 fully saturated rings. The fourth-order valence-electron chi connectivity index (χ4n) is 4.80. The van der Waals surface area contributed by atoms with Crippen LogP contribution in [0.2, 0.25) is 5.02 Å². The average molecular weight is 421 g/mol. The molecule has 3 aliphatic rings. The molecule has 29 heavy (non-hydrogen) atoms. The Balaban J connectivity index is 1.33. The predicted octanol–water partition coefficient (Wildman–Crippen LogP) is 2.71. The van der Waals surface area contributed by atoms with Crippen molar-refractivity contribution >= 4 is 29.2 Å². The number of carbonyl (C=O) groups is 2. The molecule has 0 spiro atoms. The summed E-state index contributed by atoms with van der Waals surface area (Å²) in [5, 5.41) is 6.70. The van der Waals surface area contributed by atoms with Crippen LogP contribution in [0.3, 0.4) is 0 Å². The zero-order valence-corrected chi connectivity index (χ0v) is 17.4. The third-order valence-electron chi connectivity index (χ3n) is 6.23. The number of carbonyl (C=O) groups excluding carboxylic acids is 2. The molecule has 2 N–H and O–H groups in total. The van der Waals surface area contributed by atoms with Crippen LogP contribution in [0, 0.1) is 0 Å². The topological polar surface area (TPSA) is 73.9 Å². The van der Waals surface area contributed by atoms with Crippen LogP contribution in [0.25, 0.3) is 0 Å². The van der Waals surface area contributed by atoms with Crippen molar-refractivity contribution in [2.45, 2.75) is 50.2 Å². The number of halogens is 1. The first-order chi connectivity index (χ1) is 14.1. The third-order valence-corrected chi connectivity index (χ3v) is 6.56. The zero-order valence-electron chi connectivity index (χ0n) is 16.6. The Morgan fingerprint density at radius 1 is 1.10 bits per heavy atom. The number of rotatable bonds is 4. The molecule has 3 amide bonds. The molecule has 158 valence electrons. The summed E-state index contributed by atoms with van der Waals surface area (Å²) in [6, 6.07) is 8.13. The second-order valence-corrected chi connectivity index (χ2v) is 8.56. The fourth-order valence-corrected chi connectivity index (χ4v) is 4.99. The Morgan fingerprint density at radius 2 is 1.79 bits per heavy atom. The van der Waals surface area contributed by atoms with Crippen molar-refractivity contribution in [1.29, 1.82) is 0 Å². The minimum atomic E-state index is -0.0363. The van der Waals surface area contributed by atoms with Crippen molar-refractivity contribution in [1.82, 2.24) is 15.1 Å². The summed E-state index contributed by atoms with van der Waals surface area (Å²) in [5.41, 5.74) is 0.650. The lowest BCUT2D eigenvalue weighted by molar-refractivity contribution is -0.120. The van der Waals surface area contributed by atoms with Gasteiger partial charge in [-0.05, 0) is 37.8 Å². The number of hydrogen-bond donors (Lipinski definition) is 2. The Hall–Kier alpha value is -1.83. The molecule has 8 heteroatoms. The molecule has 0 radical (unpaired) electrons. The Labute approximate surface area is 176 Å². The van der Waals surface area contributed by atoms with E-state index in [4.69, 9.17) is 16.3 Å². The van der Waals surface area contributed by atoms with E-state index in [0.29, 0.717) is 55.6 Å². The van der Waals surface area contributed by atoms with Gasteiger partial charge in [-0.1, -0.05) is 30.2 Å². The lowest BCUT2D eigenvalue weighted by atomic mass is 9.81. The maximum atomic E-state index is 12.6. The quantitative estimate of drug-likeness (QED) is 0.785. The van der Waals surface area contributed by atoms with E-state index in [0.717, 1.165) is 25.7 Å². The van der Waals surface area contributed by atoms with Crippen molar-refractivity contribution in [2.24, 2.45) is 0 Å². The number of fused-ring (bicyclic) bond motifs is 2. The Bertz CT molecular complexity index is 726. The summed E-state index contributed by atoms with van der Waals surface area (Å²) in [6.07, 6.45) is 5.11. The fraction of sp³-hybridized carbons (Fsp3) is 0.619. The highest BCUT2D eigenvalue weighted by Gasteiger charge is 2.39. The van der Waals surface area contributed by atoms with Gasteiger partial charge in [0.1, 0.15) is 0 Å². The largest absolute Gasteiger partial charge is 0.378 e. The number of nitrogens with zero attached hydrogens (tertiary/aromatic N) is 2. The van der Waals surface area contributed by atoms with Gasteiger partial charge in [0.25, 0.3) is 0 Å². The molecule has 2 atom stereocenters. The summed E-state index contributed by atoms with van der Waals surface area (Å²) in [5.74, 6) is -0.0363. The number of urea groups is 1. The van der Waals surface area contributed by atoms with Crippen molar-refractivity contribution in [3.05, 3.63) is 29.3 Å². The van der Waals surface area contributed by atoms with Crippen molar-refractivity contribution in [3.63, 3.8) is 0 Å². The highest BCUT2D eigenvalue weighted by molar-refractivity contribution is 6.33. The number of amides is 3. The number of piperidine rings is 2. The van der Waals surface area contributed by atoms with Gasteiger partial charge in [0, 0.05) is 31.2 Å². The first-order valence-electron chi connectivity index (χ1n) is 10.5. The number of nitrogens with one attached hydrogen (secondary N) is 2. The van der Waals surface area contributed by atoms with Gasteiger partial charge in [-0.25, -0.2) is 4.79 Å². The van der Waals surface area contributed by atoms with Crippen LogP contribution >= 0.6 is 11.6 Å². The van der Waals surface area contributed by atoms with E-state index in [1.54, 1.807) is 6.07 Å². The molecular weight excluding hydrogens is 392 g/mol. The van der Waals surface area contributed by atoms with Crippen molar-refractivity contribution < 1.29 is 14.3 Å². The molecule has 0 aliphatic carbocycles. The van der Waals surface area contributed by atoms with Crippen LogP contribution in [0.15, 0.2) is 24.3 Å². The van der Waals surface area contributed by atoms with Gasteiger partial charge >= 0.3 is 6.03 Å². The number of ether oxygens (including phenoxy) is 1. The Morgan fingerprint density at radius 3 is 2.48 bits per heavy atom. The second-order valence-electron chi connectivity index (χ2n) is 8.16. The molecule has 3 heterocycles. The van der Waals surface area contributed by atoms with E-state index in [2.05, 4.69) is 15.5 Å². The van der Waals surface area contributed by atoms with Crippen LogP contribution in [-0.2, 0) is 9.53 Å². The highest BCUT2D eigenvalue weighted by atomic mass is 35.5. The van der Waals surface area contributed by atoms with Crippen molar-refractivity contribution in [2.75, 3.05) is 38.2 Å². The average Bonchev–Trinajstić information content (AvgIpc) is 2.71. The second kappa shape index (κ2) is 9.32. The van der Waals surface area contributed by atoms with E-state index in [9.17, 15) is 9.59 Å². The SMILES string of the molecule is O=C(CN1C2CCCC1CC(NC(=O)N1CCOCC1)C2)Nc1ccccc1Cl. The number of anilines is 1. The van der Waals surface area contributed by atoms with Gasteiger partial charge in [-0.2, -0.15) is 0 Å². The monoisotopic (exact) mass is 420 g/mol. The molecule has 4 rings (SSSR count). The maximum Gasteiger partial charge on any atom is 0.317 e. The first kappa shape index (κ1) is 20.4. The lowest BCUT2D eigenvalue weighted by Crippen LogP contribution is -2.59. The van der Waals surface area contributed by atoms with E-state index in [1.807, 2.05) is 23.1 Å². The zero-order chi connectivity index (χ0) is 20.2. The molecule has 0 saturated carbocycles. The van der Waals surface area contributed by atoms with E-state index >= 15 is 0 Å². The summed E-state index contributed by atoms with van der Waals surface area (Å²) < 4.78 is 5.33. The maximum absolute atomic E-state index is 12.6. The van der Waals surface area contributed by atoms with E-state index in [-0.39, 0.29) is 18.0 Å². The van der Waals surface area contributed by atoms with E-state index < -0.39 is 0 Å². The first-order valence-corrected chi connectivity index (χ1v) is 10.9. The molecule has 3 saturated heterocycles. The number of para-hydroxylation sites is 1. The van der Waals surface area contributed by atoms with Crippen LogP contribution in [0.5, 0.6) is 0 Å². The van der Waals surface area contributed by atoms with Crippen LogP contribution in [-0.4, -0.2) is 72.7 Å². The summed E-state index contributed by atoms with van der Waals surface area (Å²) in [7, 11) is 0. The van der Waals surface area contributed by atoms with Crippen LogP contribution in [0.1, 0.15) is 32.1 Å². The standard InChI is InChI=1S/C21H29ClN4O3/c22-18-6-1-2-7-19(18)24-20(27)14-26-16-4-3-5-17(26)13-15(12-16)23-21(28)25-8-10-29-11-9-25/h1-2,6-7,15-17H,3-5,8-14H2,(H,23,28)(H,24,27). The van der Waals surface area contributed by atoms with Crippen LogP contribution < -0.4 is 10.6 Å². The van der Waals surface area contributed by atoms with Crippen molar-refractivity contribution in [3.8, 4) is 0 Å². The summed E-state index contributed by atoms with van der Waals surface area (Å²) >= 11 is 6.16. The summed E-state index contributed by atoms with van der Waals surface area (Å²) in [4.78, 5) is 29.3. The molecule has 2 unspecified atom stereocenters. The molecular formula is C21H29ClN4O3. The molecule has 7 nitrogen and oxygen atoms in total. The summed E-state index contributed by atoms with van der Waals surface area (Å²) in [6.45, 7) is 2.89. The lowest BCUT2D eigenvalue weighted by Gasteiger charge is -2.48. The number of benzene rings is 1. The van der Waals surface area contributed by atoms with Gasteiger partial charge in [0.05, 0.1) is 30.5 Å². The minimum Gasteiger partial charge on any atom is -0.378 e. The smallest absolute Gasteiger partial charge is 0.317 e. The Kier molecular flexibility index (Phi) is 6.57. The normalized spacial score (nSPS) is 27.3. The van der Waals surface area contributed by atoms with Gasteiger partial charge in [-0.15, -0.1) is 0 Å². The molecule has 0 aromatic heterocycles. The molecule has 3 aliphatic heterocycles. The van der Waals surface area contributed by atoms with Gasteiger partial charge in [0.2, 0.25) is 5.91 Å². The van der Waals surface area contributed by atoms with Gasteiger partial charge in [0.15, 0.2) is 0 Å². The minimum absolute atomic E-state index is 0.0151. The van der Waals surface area contributed by atoms with E-state index in [1.165, 1.54) is 6.42 Å². The molecule has 2 bridgehead atoms. The highest BCUT2D eigenvalue weighted by Crippen LogP contribution is 2.34. The number of hydrogen-bond acceptors (Lipinski definition) is 4. The third kappa shape index (κ3) is 5.02. The molecule has 1 aromatic rings. The van der Waals surface area contributed by atoms with Crippen LogP contribution in [0.4, 0.5) is 10.5 Å². The number of morpholine rings is 1. The molecule has 1 aromatic carbocycles. The predicted molar refractivity (Wildman–Crippen MR) is 112 cm³/mol.